The number of aliphatic hydroxyl groups excluding tert-OH is 1. The van der Waals surface area contributed by atoms with Crippen molar-refractivity contribution in [1.29, 1.82) is 0 Å². The Morgan fingerprint density at radius 3 is 2.50 bits per heavy atom. The van der Waals surface area contributed by atoms with Crippen LogP contribution < -0.4 is 5.73 Å². The van der Waals surface area contributed by atoms with E-state index in [2.05, 4.69) is 0 Å². The van der Waals surface area contributed by atoms with E-state index in [9.17, 15) is 0 Å². The van der Waals surface area contributed by atoms with Crippen molar-refractivity contribution in [1.82, 2.24) is 0 Å². The third kappa shape index (κ3) is 2.80. The first kappa shape index (κ1) is 9.40. The van der Waals surface area contributed by atoms with Gasteiger partial charge in [0.1, 0.15) is 0 Å². The van der Waals surface area contributed by atoms with Crippen LogP contribution in [0.5, 0.6) is 0 Å². The molecule has 0 fully saturated rings. The van der Waals surface area contributed by atoms with Gasteiger partial charge in [-0.05, 0) is 25.0 Å². The smallest absolute Gasteiger partial charge is 0.0681 e. The molecular weight excluding hydrogens is 126 g/mol. The van der Waals surface area contributed by atoms with Gasteiger partial charge in [-0.25, -0.2) is 0 Å². The molecule has 0 aliphatic carbocycles. The first-order chi connectivity index (χ1) is 4.76. The van der Waals surface area contributed by atoms with E-state index in [1.165, 1.54) is 0 Å². The molecule has 0 rings (SSSR count). The van der Waals surface area contributed by atoms with Crippen molar-refractivity contribution in [2.24, 2.45) is 5.73 Å². The summed E-state index contributed by atoms with van der Waals surface area (Å²) in [6, 6.07) is 0. The molecule has 0 saturated carbocycles. The molecule has 3 N–H and O–H groups in total. The van der Waals surface area contributed by atoms with E-state index in [1.54, 1.807) is 0 Å². The highest BCUT2D eigenvalue weighted by atomic mass is 16.3. The van der Waals surface area contributed by atoms with Crippen LogP contribution in [0.4, 0.5) is 0 Å². The topological polar surface area (TPSA) is 46.2 Å². The average molecular weight is 141 g/mol. The normalized spacial score (nSPS) is 14.0. The first-order valence-corrected chi connectivity index (χ1v) is 3.39. The number of aliphatic hydroxyl groups is 1. The van der Waals surface area contributed by atoms with Crippen molar-refractivity contribution in [3.8, 4) is 0 Å². The Bertz CT molecular complexity index is 147. The maximum absolute atomic E-state index is 8.77. The van der Waals surface area contributed by atoms with Crippen molar-refractivity contribution < 1.29 is 5.11 Å². The molecule has 0 aromatic rings. The maximum atomic E-state index is 8.77. The quantitative estimate of drug-likeness (QED) is 0.572. The van der Waals surface area contributed by atoms with Crippen molar-refractivity contribution >= 4 is 0 Å². The van der Waals surface area contributed by atoms with Crippen LogP contribution in [0.1, 0.15) is 13.8 Å². The van der Waals surface area contributed by atoms with Gasteiger partial charge in [0.15, 0.2) is 0 Å². The Morgan fingerprint density at radius 2 is 2.20 bits per heavy atom. The Balaban J connectivity index is 4.16. The van der Waals surface area contributed by atoms with Crippen molar-refractivity contribution in [3.05, 3.63) is 23.3 Å². The number of hydrogen-bond acceptors (Lipinski definition) is 2. The van der Waals surface area contributed by atoms with E-state index in [1.807, 2.05) is 26.0 Å². The van der Waals surface area contributed by atoms with E-state index < -0.39 is 0 Å². The maximum Gasteiger partial charge on any atom is 0.0681 e. The molecule has 0 radical (unpaired) electrons. The van der Waals surface area contributed by atoms with Gasteiger partial charge in [-0.15, -0.1) is 0 Å². The summed E-state index contributed by atoms with van der Waals surface area (Å²) in [4.78, 5) is 0. The summed E-state index contributed by atoms with van der Waals surface area (Å²) < 4.78 is 0. The van der Waals surface area contributed by atoms with Crippen LogP contribution in [-0.2, 0) is 0 Å². The highest BCUT2D eigenvalue weighted by Gasteiger charge is 1.93. The molecule has 10 heavy (non-hydrogen) atoms. The molecule has 0 spiro atoms. The number of nitrogens with two attached hydrogens (primary N) is 1. The minimum atomic E-state index is 0.0961. The van der Waals surface area contributed by atoms with Crippen molar-refractivity contribution in [3.63, 3.8) is 0 Å². The number of rotatable bonds is 3. The van der Waals surface area contributed by atoms with Crippen LogP contribution in [0.25, 0.3) is 0 Å². The number of hydrogen-bond donors (Lipinski definition) is 2. The molecule has 0 amide bonds. The largest absolute Gasteiger partial charge is 0.392 e. The van der Waals surface area contributed by atoms with Gasteiger partial charge < -0.3 is 10.8 Å². The second kappa shape index (κ2) is 5.21. The van der Waals surface area contributed by atoms with Gasteiger partial charge in [0.05, 0.1) is 6.61 Å². The summed E-state index contributed by atoms with van der Waals surface area (Å²) in [5.74, 6) is 0. The van der Waals surface area contributed by atoms with Gasteiger partial charge in [0.25, 0.3) is 0 Å². The molecule has 0 atom stereocenters. The summed E-state index contributed by atoms with van der Waals surface area (Å²) in [5, 5.41) is 8.77. The van der Waals surface area contributed by atoms with Gasteiger partial charge in [0.2, 0.25) is 0 Å². The van der Waals surface area contributed by atoms with Gasteiger partial charge in [-0.3, -0.25) is 0 Å². The molecule has 58 valence electrons. The van der Waals surface area contributed by atoms with Crippen LogP contribution in [0.2, 0.25) is 0 Å². The molecule has 0 unspecified atom stereocenters. The van der Waals surface area contributed by atoms with E-state index in [0.29, 0.717) is 6.54 Å². The molecule has 0 heterocycles. The van der Waals surface area contributed by atoms with Crippen molar-refractivity contribution in [2.45, 2.75) is 13.8 Å². The second-order valence-electron chi connectivity index (χ2n) is 2.09. The zero-order valence-corrected chi connectivity index (χ0v) is 6.59. The molecule has 0 aliphatic heterocycles. The van der Waals surface area contributed by atoms with Crippen LogP contribution in [-0.4, -0.2) is 18.3 Å². The Morgan fingerprint density at radius 1 is 1.60 bits per heavy atom. The standard InChI is InChI=1S/C8H15NO/c1-3-8(6-10)7(2)4-5-9/h3-4,10H,5-6,9H2,1-2H3/b7-4-,8-3-. The SMILES string of the molecule is C/C=C(CO)\C(C)=C/CN. The van der Waals surface area contributed by atoms with Crippen LogP contribution >= 0.6 is 0 Å². The zero-order valence-electron chi connectivity index (χ0n) is 6.59. The Hall–Kier alpha value is -0.600. The van der Waals surface area contributed by atoms with E-state index in [4.69, 9.17) is 10.8 Å². The van der Waals surface area contributed by atoms with Crippen LogP contribution in [0, 0.1) is 0 Å². The average Bonchev–Trinajstić information content (AvgIpc) is 1.91. The molecular formula is C8H15NO. The highest BCUT2D eigenvalue weighted by molar-refractivity contribution is 5.28. The lowest BCUT2D eigenvalue weighted by molar-refractivity contribution is 0.333. The Labute approximate surface area is 62.0 Å². The van der Waals surface area contributed by atoms with E-state index in [0.717, 1.165) is 11.1 Å². The predicted octanol–water partition coefficient (Wildman–Crippen LogP) is 0.830. The second-order valence-corrected chi connectivity index (χ2v) is 2.09. The fraction of sp³-hybridized carbons (Fsp3) is 0.500. The Kier molecular flexibility index (Phi) is 4.89. The lowest BCUT2D eigenvalue weighted by atomic mass is 10.1. The first-order valence-electron chi connectivity index (χ1n) is 3.39. The lowest BCUT2D eigenvalue weighted by Gasteiger charge is -2.01. The van der Waals surface area contributed by atoms with Crippen LogP contribution in [0.15, 0.2) is 23.3 Å². The molecule has 2 heteroatoms. The number of allylic oxidation sites excluding steroid dienone is 1. The van der Waals surface area contributed by atoms with Crippen molar-refractivity contribution in [2.75, 3.05) is 13.2 Å². The van der Waals surface area contributed by atoms with Gasteiger partial charge in [0, 0.05) is 6.54 Å². The van der Waals surface area contributed by atoms with Gasteiger partial charge in [-0.2, -0.15) is 0 Å². The zero-order chi connectivity index (χ0) is 7.98. The molecule has 0 aromatic carbocycles. The third-order valence-electron chi connectivity index (χ3n) is 1.45. The lowest BCUT2D eigenvalue weighted by Crippen LogP contribution is -1.98. The minimum Gasteiger partial charge on any atom is -0.392 e. The summed E-state index contributed by atoms with van der Waals surface area (Å²) in [7, 11) is 0. The molecule has 2 nitrogen and oxygen atoms in total. The summed E-state index contributed by atoms with van der Waals surface area (Å²) in [5.41, 5.74) is 7.30. The fourth-order valence-electron chi connectivity index (χ4n) is 0.752. The monoisotopic (exact) mass is 141 g/mol. The minimum absolute atomic E-state index is 0.0961. The fourth-order valence-corrected chi connectivity index (χ4v) is 0.752. The highest BCUT2D eigenvalue weighted by Crippen LogP contribution is 2.06. The third-order valence-corrected chi connectivity index (χ3v) is 1.45. The van der Waals surface area contributed by atoms with Crippen LogP contribution in [0.3, 0.4) is 0 Å². The summed E-state index contributed by atoms with van der Waals surface area (Å²) in [6.07, 6.45) is 3.78. The van der Waals surface area contributed by atoms with E-state index in [-0.39, 0.29) is 6.61 Å². The molecule has 0 bridgehead atoms. The predicted molar refractivity (Wildman–Crippen MR) is 43.7 cm³/mol. The van der Waals surface area contributed by atoms with Gasteiger partial charge in [-0.1, -0.05) is 12.2 Å². The molecule has 0 aliphatic rings. The molecule has 0 aromatic heterocycles. The van der Waals surface area contributed by atoms with Gasteiger partial charge >= 0.3 is 0 Å². The molecule has 0 saturated heterocycles. The van der Waals surface area contributed by atoms with E-state index >= 15 is 0 Å². The summed E-state index contributed by atoms with van der Waals surface area (Å²) >= 11 is 0. The summed E-state index contributed by atoms with van der Waals surface area (Å²) in [6.45, 7) is 4.47.